The minimum atomic E-state index is -1.27. The Kier molecular flexibility index (Phi) is 6.25. The van der Waals surface area contributed by atoms with Gasteiger partial charge in [0.05, 0.1) is 10.8 Å². The fourth-order valence-corrected chi connectivity index (χ4v) is 4.77. The fourth-order valence-electron chi connectivity index (χ4n) is 2.77. The Morgan fingerprint density at radius 2 is 2.21 bits per heavy atom. The minimum Gasteiger partial charge on any atom is -0.477 e. The number of nitrogens with one attached hydrogen (secondary N) is 1. The van der Waals surface area contributed by atoms with Gasteiger partial charge in [-0.25, -0.2) is 9.78 Å². The number of hydrogen-bond acceptors (Lipinski definition) is 8. The third-order valence-corrected chi connectivity index (χ3v) is 6.29. The topological polar surface area (TPSA) is 126 Å². The number of carboxylic acid groups (broad SMARTS) is 1. The largest absolute Gasteiger partial charge is 0.477 e. The number of nitrogens with zero attached hydrogens (tertiary/aromatic N) is 2. The van der Waals surface area contributed by atoms with Crippen LogP contribution in [0.1, 0.15) is 6.92 Å². The molecule has 3 rings (SSSR count). The van der Waals surface area contributed by atoms with E-state index >= 15 is 0 Å². The first-order valence-electron chi connectivity index (χ1n) is 8.25. The molecule has 9 nitrogen and oxygen atoms in total. The van der Waals surface area contributed by atoms with Crippen LogP contribution >= 0.6 is 23.5 Å². The molecule has 0 saturated carbocycles. The lowest BCUT2D eigenvalue weighted by molar-refractivity contribution is -0.150. The number of carbonyl (C=O) groups excluding carboxylic acids is 3. The predicted molar refractivity (Wildman–Crippen MR) is 101 cm³/mol. The van der Waals surface area contributed by atoms with E-state index in [0.29, 0.717) is 16.4 Å². The van der Waals surface area contributed by atoms with Crippen molar-refractivity contribution in [3.63, 3.8) is 0 Å². The smallest absolute Gasteiger partial charge is 0.352 e. The van der Waals surface area contributed by atoms with E-state index in [1.807, 2.05) is 6.07 Å². The van der Waals surface area contributed by atoms with Crippen LogP contribution in [0.5, 0.6) is 0 Å². The molecule has 0 aromatic carbocycles. The zero-order valence-electron chi connectivity index (χ0n) is 14.8. The minimum absolute atomic E-state index is 0.0948. The van der Waals surface area contributed by atoms with Crippen LogP contribution in [0.15, 0.2) is 40.7 Å². The Morgan fingerprint density at radius 3 is 2.86 bits per heavy atom. The summed E-state index contributed by atoms with van der Waals surface area (Å²) in [6.45, 7) is 1.04. The van der Waals surface area contributed by atoms with Crippen LogP contribution in [0.25, 0.3) is 0 Å². The maximum Gasteiger partial charge on any atom is 0.352 e. The molecule has 2 aliphatic rings. The van der Waals surface area contributed by atoms with Crippen LogP contribution in [-0.4, -0.2) is 68.3 Å². The summed E-state index contributed by atoms with van der Waals surface area (Å²) in [7, 11) is 0. The molecule has 0 radical (unpaired) electrons. The van der Waals surface area contributed by atoms with Gasteiger partial charge in [-0.3, -0.25) is 19.3 Å². The lowest BCUT2D eigenvalue weighted by atomic mass is 10.0. The van der Waals surface area contributed by atoms with Crippen LogP contribution < -0.4 is 5.32 Å². The SMILES string of the molecule is CC(=O)OCC1=C(C(=O)O)N2C(=O)[C@@H](NC(=O)CSc3ccccn3)[C@H]2SC1. The number of fused-ring (bicyclic) bond motifs is 1. The fraction of sp³-hybridized carbons (Fsp3) is 0.353. The van der Waals surface area contributed by atoms with Crippen molar-refractivity contribution >= 4 is 47.3 Å². The number of ether oxygens (including phenoxy) is 1. The monoisotopic (exact) mass is 423 g/mol. The summed E-state index contributed by atoms with van der Waals surface area (Å²) >= 11 is 2.56. The third-order valence-electron chi connectivity index (χ3n) is 4.00. The van der Waals surface area contributed by atoms with Crippen molar-refractivity contribution in [1.82, 2.24) is 15.2 Å². The Balaban J connectivity index is 1.62. The third kappa shape index (κ3) is 4.30. The van der Waals surface area contributed by atoms with Gasteiger partial charge in [0, 0.05) is 24.4 Å². The summed E-state index contributed by atoms with van der Waals surface area (Å²) in [4.78, 5) is 52.5. The molecule has 2 aliphatic heterocycles. The average Bonchev–Trinajstić information content (AvgIpc) is 2.68. The van der Waals surface area contributed by atoms with Gasteiger partial charge >= 0.3 is 11.9 Å². The van der Waals surface area contributed by atoms with Crippen LogP contribution in [-0.2, 0) is 23.9 Å². The van der Waals surface area contributed by atoms with Crippen LogP contribution in [0.3, 0.4) is 0 Å². The Bertz CT molecular complexity index is 845. The Hall–Kier alpha value is -2.53. The summed E-state index contributed by atoms with van der Waals surface area (Å²) in [5.41, 5.74) is 0.177. The first kappa shape index (κ1) is 20.2. The van der Waals surface area contributed by atoms with Crippen molar-refractivity contribution in [3.05, 3.63) is 35.7 Å². The van der Waals surface area contributed by atoms with Gasteiger partial charge in [-0.05, 0) is 12.1 Å². The van der Waals surface area contributed by atoms with E-state index in [1.54, 1.807) is 18.3 Å². The lowest BCUT2D eigenvalue weighted by Gasteiger charge is -2.49. The molecule has 1 aromatic rings. The summed E-state index contributed by atoms with van der Waals surface area (Å²) in [5.74, 6) is -2.24. The van der Waals surface area contributed by atoms with E-state index < -0.39 is 29.3 Å². The molecule has 0 aliphatic carbocycles. The number of carbonyl (C=O) groups is 4. The highest BCUT2D eigenvalue weighted by molar-refractivity contribution is 8.00. The van der Waals surface area contributed by atoms with Gasteiger partial charge in [0.25, 0.3) is 5.91 Å². The number of aromatic nitrogens is 1. The van der Waals surface area contributed by atoms with Crippen molar-refractivity contribution in [2.45, 2.75) is 23.4 Å². The molecule has 1 saturated heterocycles. The molecule has 1 aromatic heterocycles. The number of aliphatic carboxylic acids is 1. The molecule has 11 heteroatoms. The van der Waals surface area contributed by atoms with Crippen molar-refractivity contribution in [3.8, 4) is 0 Å². The first-order valence-corrected chi connectivity index (χ1v) is 10.3. The van der Waals surface area contributed by atoms with E-state index in [4.69, 9.17) is 4.74 Å². The van der Waals surface area contributed by atoms with Crippen molar-refractivity contribution in [1.29, 1.82) is 0 Å². The lowest BCUT2D eigenvalue weighted by Crippen LogP contribution is -2.70. The number of carboxylic acids is 1. The van der Waals surface area contributed by atoms with Crippen molar-refractivity contribution in [2.24, 2.45) is 0 Å². The van der Waals surface area contributed by atoms with Gasteiger partial charge in [0.2, 0.25) is 5.91 Å². The molecular weight excluding hydrogens is 406 g/mol. The predicted octanol–water partition coefficient (Wildman–Crippen LogP) is 0.475. The van der Waals surface area contributed by atoms with Crippen molar-refractivity contribution < 1.29 is 29.0 Å². The maximum absolute atomic E-state index is 12.5. The molecule has 2 amide bonds. The standard InChI is InChI=1S/C17H17N3O6S2/c1-9(21)26-6-10-7-28-16-13(15(23)20(16)14(10)17(24)25)19-11(22)8-27-12-4-2-3-5-18-12/h2-5,13,16H,6-8H2,1H3,(H,19,22)(H,24,25)/t13-,16-/m1/s1. The first-order chi connectivity index (χ1) is 13.4. The normalized spacial score (nSPS) is 20.9. The Morgan fingerprint density at radius 1 is 1.43 bits per heavy atom. The van der Waals surface area contributed by atoms with Crippen molar-refractivity contribution in [2.75, 3.05) is 18.1 Å². The van der Waals surface area contributed by atoms with Gasteiger partial charge < -0.3 is 15.2 Å². The van der Waals surface area contributed by atoms with Gasteiger partial charge in [0.15, 0.2) is 0 Å². The van der Waals surface area contributed by atoms with E-state index in [9.17, 15) is 24.3 Å². The average molecular weight is 423 g/mol. The quantitative estimate of drug-likeness (QED) is 0.366. The number of esters is 1. The number of pyridine rings is 1. The van der Waals surface area contributed by atoms with E-state index in [2.05, 4.69) is 10.3 Å². The highest BCUT2D eigenvalue weighted by Gasteiger charge is 2.54. The van der Waals surface area contributed by atoms with Crippen LogP contribution in [0.2, 0.25) is 0 Å². The molecule has 1 fully saturated rings. The van der Waals surface area contributed by atoms with Gasteiger partial charge in [-0.15, -0.1) is 11.8 Å². The number of β-lactam (4-membered cyclic amide) rings is 1. The van der Waals surface area contributed by atoms with Gasteiger partial charge in [-0.2, -0.15) is 0 Å². The number of hydrogen-bond donors (Lipinski definition) is 2. The second-order valence-electron chi connectivity index (χ2n) is 5.95. The summed E-state index contributed by atoms with van der Waals surface area (Å²) in [6.07, 6.45) is 1.62. The van der Waals surface area contributed by atoms with Crippen LogP contribution in [0.4, 0.5) is 0 Å². The molecule has 0 unspecified atom stereocenters. The highest BCUT2D eigenvalue weighted by atomic mass is 32.2. The number of thioether (sulfide) groups is 2. The second-order valence-corrected chi connectivity index (χ2v) is 8.05. The molecular formula is C17H17N3O6S2. The highest BCUT2D eigenvalue weighted by Crippen LogP contribution is 2.40. The maximum atomic E-state index is 12.5. The zero-order chi connectivity index (χ0) is 20.3. The molecule has 0 bridgehead atoms. The van der Waals surface area contributed by atoms with E-state index in [-0.39, 0.29) is 24.0 Å². The Labute approximate surface area is 168 Å². The summed E-state index contributed by atoms with van der Waals surface area (Å²) in [5, 5.41) is 12.3. The van der Waals surface area contributed by atoms with Gasteiger partial charge in [0.1, 0.15) is 23.7 Å². The summed E-state index contributed by atoms with van der Waals surface area (Å²) in [6, 6.07) is 4.58. The van der Waals surface area contributed by atoms with Gasteiger partial charge in [-0.1, -0.05) is 17.8 Å². The molecule has 28 heavy (non-hydrogen) atoms. The second kappa shape index (κ2) is 8.65. The number of rotatable bonds is 7. The van der Waals surface area contributed by atoms with Crippen LogP contribution in [0, 0.1) is 0 Å². The number of amides is 2. The molecule has 2 atom stereocenters. The van der Waals surface area contributed by atoms with E-state index in [1.165, 1.54) is 30.4 Å². The summed E-state index contributed by atoms with van der Waals surface area (Å²) < 4.78 is 4.88. The molecule has 3 heterocycles. The zero-order valence-corrected chi connectivity index (χ0v) is 16.4. The molecule has 2 N–H and O–H groups in total. The molecule has 148 valence electrons. The van der Waals surface area contributed by atoms with E-state index in [0.717, 1.165) is 4.90 Å². The molecule has 0 spiro atoms.